The lowest BCUT2D eigenvalue weighted by molar-refractivity contribution is -0.384. The summed E-state index contributed by atoms with van der Waals surface area (Å²) in [6.07, 6.45) is 3.48. The van der Waals surface area contributed by atoms with E-state index in [9.17, 15) is 19.7 Å². The Balaban J connectivity index is 2.15. The molecule has 0 saturated carbocycles. The molecule has 0 radical (unpaired) electrons. The summed E-state index contributed by atoms with van der Waals surface area (Å²) in [5.41, 5.74) is 7.24. The lowest BCUT2D eigenvalue weighted by Gasteiger charge is -2.03. The van der Waals surface area contributed by atoms with E-state index in [-0.39, 0.29) is 5.69 Å². The van der Waals surface area contributed by atoms with Crippen LogP contribution >= 0.6 is 11.3 Å². The molecule has 3 N–H and O–H groups in total. The van der Waals surface area contributed by atoms with Gasteiger partial charge >= 0.3 is 0 Å². The summed E-state index contributed by atoms with van der Waals surface area (Å²) in [5.74, 6) is -0.986. The minimum Gasteiger partial charge on any atom is -0.365 e. The normalized spacial score (nSPS) is 10.8. The monoisotopic (exact) mass is 359 g/mol. The Morgan fingerprint density at radius 1 is 1.32 bits per heavy atom. The van der Waals surface area contributed by atoms with E-state index in [1.165, 1.54) is 35.6 Å². The minimum atomic E-state index is -0.573. The van der Waals surface area contributed by atoms with Crippen LogP contribution in [0.1, 0.15) is 33.3 Å². The van der Waals surface area contributed by atoms with Crippen LogP contribution < -0.4 is 11.1 Å². The molecule has 2 amide bonds. The van der Waals surface area contributed by atoms with Crippen molar-refractivity contribution in [3.63, 3.8) is 0 Å². The summed E-state index contributed by atoms with van der Waals surface area (Å²) in [5, 5.41) is 13.7. The van der Waals surface area contributed by atoms with Crippen molar-refractivity contribution >= 4 is 39.9 Å². The quantitative estimate of drug-likeness (QED) is 0.468. The average molecular weight is 359 g/mol. The zero-order valence-corrected chi connectivity index (χ0v) is 14.6. The second kappa shape index (κ2) is 7.71. The Hall–Kier alpha value is -3.00. The number of nitrogens with one attached hydrogen (secondary N) is 1. The molecule has 0 aliphatic carbocycles. The first-order valence-corrected chi connectivity index (χ1v) is 8.30. The van der Waals surface area contributed by atoms with Crippen LogP contribution in [-0.2, 0) is 11.2 Å². The second-order valence-corrected chi connectivity index (χ2v) is 6.45. The molecule has 130 valence electrons. The van der Waals surface area contributed by atoms with Gasteiger partial charge in [-0.1, -0.05) is 6.92 Å². The zero-order chi connectivity index (χ0) is 18.6. The fourth-order valence-electron chi connectivity index (χ4n) is 2.39. The van der Waals surface area contributed by atoms with Crippen molar-refractivity contribution in [1.29, 1.82) is 0 Å². The molecular weight excluding hydrogens is 342 g/mol. The third kappa shape index (κ3) is 4.30. The number of nitrogens with zero attached hydrogens (tertiary/aromatic N) is 1. The maximum absolute atomic E-state index is 12.1. The Morgan fingerprint density at radius 3 is 2.48 bits per heavy atom. The van der Waals surface area contributed by atoms with Crippen molar-refractivity contribution in [2.24, 2.45) is 5.73 Å². The number of anilines is 1. The van der Waals surface area contributed by atoms with Gasteiger partial charge in [-0.25, -0.2) is 0 Å². The highest BCUT2D eigenvalue weighted by molar-refractivity contribution is 7.16. The van der Waals surface area contributed by atoms with Gasteiger partial charge < -0.3 is 11.1 Å². The van der Waals surface area contributed by atoms with Gasteiger partial charge in [0.25, 0.3) is 11.6 Å². The summed E-state index contributed by atoms with van der Waals surface area (Å²) < 4.78 is 0. The molecule has 1 heterocycles. The first-order chi connectivity index (χ1) is 11.8. The van der Waals surface area contributed by atoms with Crippen LogP contribution in [-0.4, -0.2) is 16.7 Å². The number of nitro benzene ring substituents is 1. The van der Waals surface area contributed by atoms with Crippen molar-refractivity contribution in [3.8, 4) is 0 Å². The number of carbonyl (C=O) groups excluding carboxylic acids is 2. The predicted octanol–water partition coefficient (Wildman–Crippen LogP) is 3.28. The number of nitrogens with two attached hydrogens (primary N) is 1. The number of carbonyl (C=O) groups is 2. The topological polar surface area (TPSA) is 115 Å². The number of thiophene rings is 1. The number of aryl methyl sites for hydroxylation is 1. The molecule has 7 nitrogen and oxygen atoms in total. The van der Waals surface area contributed by atoms with Gasteiger partial charge in [-0.05, 0) is 42.7 Å². The van der Waals surface area contributed by atoms with Crippen molar-refractivity contribution < 1.29 is 14.5 Å². The first-order valence-electron chi connectivity index (χ1n) is 7.49. The number of non-ortho nitro benzene ring substituents is 1. The number of benzene rings is 1. The van der Waals surface area contributed by atoms with Crippen LogP contribution in [0.15, 0.2) is 30.3 Å². The van der Waals surface area contributed by atoms with Gasteiger partial charge in [0.2, 0.25) is 5.91 Å². The highest BCUT2D eigenvalue weighted by Crippen LogP contribution is 2.33. The van der Waals surface area contributed by atoms with Gasteiger partial charge in [0.05, 0.1) is 10.5 Å². The van der Waals surface area contributed by atoms with Gasteiger partial charge in [-0.2, -0.15) is 0 Å². The van der Waals surface area contributed by atoms with Gasteiger partial charge in [0.15, 0.2) is 0 Å². The number of hydrogen-bond donors (Lipinski definition) is 2. The zero-order valence-electron chi connectivity index (χ0n) is 13.7. The molecule has 2 rings (SSSR count). The second-order valence-electron chi connectivity index (χ2n) is 5.23. The lowest BCUT2D eigenvalue weighted by atomic mass is 10.1. The van der Waals surface area contributed by atoms with E-state index in [1.807, 2.05) is 13.8 Å². The highest BCUT2D eigenvalue weighted by atomic mass is 32.1. The molecule has 25 heavy (non-hydrogen) atoms. The Kier molecular flexibility index (Phi) is 5.66. The highest BCUT2D eigenvalue weighted by Gasteiger charge is 2.19. The molecule has 0 aliphatic rings. The molecule has 0 unspecified atom stereocenters. The van der Waals surface area contributed by atoms with Crippen LogP contribution in [0.5, 0.6) is 0 Å². The smallest absolute Gasteiger partial charge is 0.269 e. The van der Waals surface area contributed by atoms with E-state index in [1.54, 1.807) is 12.1 Å². The van der Waals surface area contributed by atoms with Gasteiger partial charge in [-0.3, -0.25) is 19.7 Å². The standard InChI is InChI=1S/C17H17N3O4S/c1-3-13-10(2)25-17(15(13)16(18)22)19-14(21)9-6-11-4-7-12(8-5-11)20(23)24/h4-9H,3H2,1-2H3,(H2,18,22)(H,19,21). The number of nitro groups is 1. The molecule has 0 fully saturated rings. The van der Waals surface area contributed by atoms with Crippen molar-refractivity contribution in [3.05, 3.63) is 62.0 Å². The Morgan fingerprint density at radius 2 is 1.96 bits per heavy atom. The molecule has 0 saturated heterocycles. The van der Waals surface area contributed by atoms with E-state index >= 15 is 0 Å². The lowest BCUT2D eigenvalue weighted by Crippen LogP contribution is -2.16. The Bertz CT molecular complexity index is 854. The summed E-state index contributed by atoms with van der Waals surface area (Å²) in [7, 11) is 0. The molecule has 0 bridgehead atoms. The molecule has 1 aromatic carbocycles. The van der Waals surface area contributed by atoms with Crippen molar-refractivity contribution in [2.45, 2.75) is 20.3 Å². The van der Waals surface area contributed by atoms with Crippen molar-refractivity contribution in [1.82, 2.24) is 0 Å². The maximum atomic E-state index is 12.1. The SMILES string of the molecule is CCc1c(C)sc(NC(=O)C=Cc2ccc([N+](=O)[O-])cc2)c1C(N)=O. The van der Waals surface area contributed by atoms with Crippen LogP contribution in [0.25, 0.3) is 6.08 Å². The summed E-state index contributed by atoms with van der Waals surface area (Å²) in [6.45, 7) is 3.79. The third-order valence-corrected chi connectivity index (χ3v) is 4.64. The molecule has 0 atom stereocenters. The summed E-state index contributed by atoms with van der Waals surface area (Å²) in [6, 6.07) is 5.81. The maximum Gasteiger partial charge on any atom is 0.269 e. The van der Waals surface area contributed by atoms with Crippen molar-refractivity contribution in [2.75, 3.05) is 5.32 Å². The van der Waals surface area contributed by atoms with E-state index in [2.05, 4.69) is 5.32 Å². The molecule has 1 aromatic heterocycles. The van der Waals surface area contributed by atoms with E-state index in [0.29, 0.717) is 22.5 Å². The van der Waals surface area contributed by atoms with Gasteiger partial charge in [-0.15, -0.1) is 11.3 Å². The molecule has 0 aliphatic heterocycles. The van der Waals surface area contributed by atoms with E-state index in [4.69, 9.17) is 5.73 Å². The van der Waals surface area contributed by atoms with E-state index in [0.717, 1.165) is 10.4 Å². The van der Waals surface area contributed by atoms with Gasteiger partial charge in [0.1, 0.15) is 5.00 Å². The first kappa shape index (κ1) is 18.3. The number of primary amides is 1. The largest absolute Gasteiger partial charge is 0.365 e. The third-order valence-electron chi connectivity index (χ3n) is 3.58. The fraction of sp³-hybridized carbons (Fsp3) is 0.176. The van der Waals surface area contributed by atoms with Crippen LogP contribution in [0.3, 0.4) is 0 Å². The van der Waals surface area contributed by atoms with Gasteiger partial charge in [0, 0.05) is 23.1 Å². The number of rotatable bonds is 6. The average Bonchev–Trinajstić information content (AvgIpc) is 2.88. The Labute approximate surface area is 148 Å². The molecule has 0 spiro atoms. The van der Waals surface area contributed by atoms with E-state index < -0.39 is 16.7 Å². The fourth-order valence-corrected chi connectivity index (χ4v) is 3.54. The summed E-state index contributed by atoms with van der Waals surface area (Å²) in [4.78, 5) is 34.8. The summed E-state index contributed by atoms with van der Waals surface area (Å²) >= 11 is 1.31. The molecular formula is C17H17N3O4S. The molecule has 2 aromatic rings. The van der Waals surface area contributed by atoms with Crippen LogP contribution in [0, 0.1) is 17.0 Å². The van der Waals surface area contributed by atoms with Crippen LogP contribution in [0.2, 0.25) is 0 Å². The molecule has 8 heteroatoms. The minimum absolute atomic E-state index is 0.0196. The number of hydrogen-bond acceptors (Lipinski definition) is 5. The number of amides is 2. The predicted molar refractivity (Wildman–Crippen MR) is 97.7 cm³/mol. The van der Waals surface area contributed by atoms with Crippen LogP contribution in [0.4, 0.5) is 10.7 Å².